The maximum atomic E-state index is 11.8. The van der Waals surface area contributed by atoms with Crippen LogP contribution in [0.1, 0.15) is 26.2 Å². The number of likely N-dealkylation sites (tertiary alicyclic amines) is 1. The van der Waals surface area contributed by atoms with Gasteiger partial charge in [-0.1, -0.05) is 0 Å². The molecule has 0 N–H and O–H groups in total. The quantitative estimate of drug-likeness (QED) is 0.753. The molecule has 3 nitrogen and oxygen atoms in total. The van der Waals surface area contributed by atoms with Gasteiger partial charge in [-0.3, -0.25) is 4.79 Å². The van der Waals surface area contributed by atoms with E-state index in [0.717, 1.165) is 19.3 Å². The highest BCUT2D eigenvalue weighted by Gasteiger charge is 2.29. The fourth-order valence-corrected chi connectivity index (χ4v) is 1.81. The summed E-state index contributed by atoms with van der Waals surface area (Å²) in [6.45, 7) is 0.682. The Morgan fingerprint density at radius 3 is 2.69 bits per heavy atom. The van der Waals surface area contributed by atoms with Crippen LogP contribution in [0, 0.1) is 0 Å². The summed E-state index contributed by atoms with van der Waals surface area (Å²) < 4.78 is 39.7. The van der Waals surface area contributed by atoms with Crippen LogP contribution >= 0.6 is 0 Å². The lowest BCUT2D eigenvalue weighted by Gasteiger charge is -2.33. The van der Waals surface area contributed by atoms with Crippen molar-refractivity contribution in [3.05, 3.63) is 0 Å². The van der Waals surface area contributed by atoms with E-state index in [-0.39, 0.29) is 11.9 Å². The number of piperidine rings is 1. The molecular formula is C10H16F3NO2. The molecular weight excluding hydrogens is 223 g/mol. The Bertz CT molecular complexity index is 243. The van der Waals surface area contributed by atoms with E-state index in [1.807, 2.05) is 6.92 Å². The second kappa shape index (κ2) is 5.52. The van der Waals surface area contributed by atoms with Crippen LogP contribution in [0.4, 0.5) is 13.2 Å². The molecule has 0 radical (unpaired) electrons. The Morgan fingerprint density at radius 1 is 1.44 bits per heavy atom. The van der Waals surface area contributed by atoms with Crippen molar-refractivity contribution >= 4 is 5.91 Å². The number of alkyl halides is 3. The maximum absolute atomic E-state index is 11.8. The van der Waals surface area contributed by atoms with Gasteiger partial charge in [0.25, 0.3) is 0 Å². The number of carbonyl (C=O) groups is 1. The molecule has 0 unspecified atom stereocenters. The predicted molar refractivity (Wildman–Crippen MR) is 51.9 cm³/mol. The van der Waals surface area contributed by atoms with Gasteiger partial charge in [0.2, 0.25) is 5.91 Å². The molecule has 1 fully saturated rings. The van der Waals surface area contributed by atoms with Gasteiger partial charge in [-0.25, -0.2) is 0 Å². The van der Waals surface area contributed by atoms with E-state index in [4.69, 9.17) is 0 Å². The average Bonchev–Trinajstić information content (AvgIpc) is 2.16. The molecule has 1 aliphatic rings. The van der Waals surface area contributed by atoms with E-state index in [1.165, 1.54) is 0 Å². The number of hydrogen-bond donors (Lipinski definition) is 0. The van der Waals surface area contributed by atoms with E-state index >= 15 is 0 Å². The van der Waals surface area contributed by atoms with Crippen molar-refractivity contribution in [1.82, 2.24) is 4.90 Å². The summed E-state index contributed by atoms with van der Waals surface area (Å²) in [5, 5.41) is 0. The van der Waals surface area contributed by atoms with Crippen LogP contribution in [-0.4, -0.2) is 42.8 Å². The molecule has 1 aliphatic heterocycles. The zero-order valence-electron chi connectivity index (χ0n) is 9.22. The number of ether oxygens (including phenoxy) is 1. The number of halogens is 3. The lowest BCUT2D eigenvalue weighted by molar-refractivity contribution is -0.178. The Kier molecular flexibility index (Phi) is 4.58. The third kappa shape index (κ3) is 4.38. The molecule has 1 amide bonds. The van der Waals surface area contributed by atoms with Crippen molar-refractivity contribution < 1.29 is 22.7 Å². The van der Waals surface area contributed by atoms with Gasteiger partial charge < -0.3 is 9.64 Å². The smallest absolute Gasteiger partial charge is 0.362 e. The summed E-state index contributed by atoms with van der Waals surface area (Å²) in [6.07, 6.45) is -1.48. The number of hydrogen-bond acceptors (Lipinski definition) is 2. The van der Waals surface area contributed by atoms with Crippen molar-refractivity contribution in [2.45, 2.75) is 38.4 Å². The molecule has 0 aliphatic carbocycles. The standard InChI is InChI=1S/C10H16F3NO2/c1-8-4-2-3-5-14(8)9(15)6-16-7-10(11,12)13/h8H,2-7H2,1H3/t8-/m0/s1. The van der Waals surface area contributed by atoms with Gasteiger partial charge in [-0.2, -0.15) is 13.2 Å². The highest BCUT2D eigenvalue weighted by atomic mass is 19.4. The lowest BCUT2D eigenvalue weighted by atomic mass is 10.0. The molecule has 0 aromatic carbocycles. The summed E-state index contributed by atoms with van der Waals surface area (Å²) in [5.41, 5.74) is 0. The zero-order valence-corrected chi connectivity index (χ0v) is 9.22. The number of amides is 1. The van der Waals surface area contributed by atoms with E-state index in [9.17, 15) is 18.0 Å². The first-order valence-electron chi connectivity index (χ1n) is 5.34. The SMILES string of the molecule is C[C@H]1CCCCN1C(=O)COCC(F)(F)F. The van der Waals surface area contributed by atoms with E-state index in [1.54, 1.807) is 4.90 Å². The van der Waals surface area contributed by atoms with Crippen LogP contribution in [-0.2, 0) is 9.53 Å². The molecule has 0 saturated carbocycles. The van der Waals surface area contributed by atoms with Crippen LogP contribution in [0.2, 0.25) is 0 Å². The summed E-state index contributed by atoms with van der Waals surface area (Å²) in [5.74, 6) is -0.351. The normalized spacial score (nSPS) is 22.2. The van der Waals surface area contributed by atoms with Crippen molar-refractivity contribution in [3.8, 4) is 0 Å². The van der Waals surface area contributed by atoms with Gasteiger partial charge in [0.1, 0.15) is 13.2 Å². The minimum Gasteiger partial charge on any atom is -0.362 e. The summed E-state index contributed by atoms with van der Waals surface area (Å²) >= 11 is 0. The van der Waals surface area contributed by atoms with Crippen molar-refractivity contribution in [1.29, 1.82) is 0 Å². The molecule has 0 aromatic rings. The first kappa shape index (κ1) is 13.3. The summed E-state index contributed by atoms with van der Waals surface area (Å²) in [4.78, 5) is 13.1. The van der Waals surface area contributed by atoms with Crippen LogP contribution < -0.4 is 0 Å². The molecule has 16 heavy (non-hydrogen) atoms. The van der Waals surface area contributed by atoms with Gasteiger partial charge in [0, 0.05) is 12.6 Å². The number of rotatable bonds is 3. The molecule has 6 heteroatoms. The second-order valence-electron chi connectivity index (χ2n) is 4.04. The predicted octanol–water partition coefficient (Wildman–Crippen LogP) is 1.97. The Hall–Kier alpha value is -0.780. The van der Waals surface area contributed by atoms with E-state index < -0.39 is 19.4 Å². The first-order chi connectivity index (χ1) is 7.40. The van der Waals surface area contributed by atoms with E-state index in [2.05, 4.69) is 4.74 Å². The first-order valence-corrected chi connectivity index (χ1v) is 5.34. The second-order valence-corrected chi connectivity index (χ2v) is 4.04. The maximum Gasteiger partial charge on any atom is 0.411 e. The van der Waals surface area contributed by atoms with Crippen molar-refractivity contribution in [3.63, 3.8) is 0 Å². The Morgan fingerprint density at radius 2 is 2.12 bits per heavy atom. The minimum absolute atomic E-state index is 0.107. The minimum atomic E-state index is -4.37. The third-order valence-electron chi connectivity index (χ3n) is 2.61. The number of carbonyl (C=O) groups excluding carboxylic acids is 1. The van der Waals surface area contributed by atoms with Gasteiger partial charge >= 0.3 is 6.18 Å². The monoisotopic (exact) mass is 239 g/mol. The van der Waals surface area contributed by atoms with Gasteiger partial charge in [0.15, 0.2) is 0 Å². The highest BCUT2D eigenvalue weighted by Crippen LogP contribution is 2.17. The molecule has 1 rings (SSSR count). The molecule has 1 heterocycles. The van der Waals surface area contributed by atoms with Gasteiger partial charge in [-0.15, -0.1) is 0 Å². The average molecular weight is 239 g/mol. The molecule has 0 bridgehead atoms. The largest absolute Gasteiger partial charge is 0.411 e. The Labute approximate surface area is 92.5 Å². The fraction of sp³-hybridized carbons (Fsp3) is 0.900. The zero-order chi connectivity index (χ0) is 12.2. The Balaban J connectivity index is 2.29. The van der Waals surface area contributed by atoms with Crippen LogP contribution in [0.25, 0.3) is 0 Å². The van der Waals surface area contributed by atoms with Crippen LogP contribution in [0.3, 0.4) is 0 Å². The van der Waals surface area contributed by atoms with Gasteiger partial charge in [0.05, 0.1) is 0 Å². The van der Waals surface area contributed by atoms with Crippen LogP contribution in [0.15, 0.2) is 0 Å². The fourth-order valence-electron chi connectivity index (χ4n) is 1.81. The molecule has 0 aromatic heterocycles. The topological polar surface area (TPSA) is 29.5 Å². The lowest BCUT2D eigenvalue weighted by Crippen LogP contribution is -2.44. The van der Waals surface area contributed by atoms with Gasteiger partial charge in [-0.05, 0) is 26.2 Å². The summed E-state index contributed by atoms with van der Waals surface area (Å²) in [7, 11) is 0. The summed E-state index contributed by atoms with van der Waals surface area (Å²) in [6, 6.07) is 0.107. The molecule has 1 saturated heterocycles. The molecule has 94 valence electrons. The van der Waals surface area contributed by atoms with Crippen molar-refractivity contribution in [2.24, 2.45) is 0 Å². The molecule has 1 atom stereocenters. The van der Waals surface area contributed by atoms with Crippen LogP contribution in [0.5, 0.6) is 0 Å². The third-order valence-corrected chi connectivity index (χ3v) is 2.61. The molecule has 0 spiro atoms. The number of nitrogens with zero attached hydrogens (tertiary/aromatic N) is 1. The highest BCUT2D eigenvalue weighted by molar-refractivity contribution is 5.77. The van der Waals surface area contributed by atoms with Crippen molar-refractivity contribution in [2.75, 3.05) is 19.8 Å². The van der Waals surface area contributed by atoms with E-state index in [0.29, 0.717) is 6.54 Å².